The Labute approximate surface area is 140 Å². The largest absolute Gasteiger partial charge is 0.390 e. The second-order valence-corrected chi connectivity index (χ2v) is 9.26. The fourth-order valence-corrected chi connectivity index (χ4v) is 5.98. The molecule has 3 aliphatic rings. The van der Waals surface area contributed by atoms with E-state index in [1.54, 1.807) is 0 Å². The molecule has 0 heterocycles. The van der Waals surface area contributed by atoms with Crippen LogP contribution in [0.25, 0.3) is 0 Å². The highest BCUT2D eigenvalue weighted by Gasteiger charge is 2.63. The molecule has 7 atom stereocenters. The molecule has 3 nitrogen and oxygen atoms in total. The van der Waals surface area contributed by atoms with Gasteiger partial charge in [-0.3, -0.25) is 4.79 Å². The van der Waals surface area contributed by atoms with Crippen molar-refractivity contribution in [2.45, 2.75) is 72.5 Å². The monoisotopic (exact) mass is 320 g/mol. The molecule has 0 aromatic carbocycles. The van der Waals surface area contributed by atoms with Crippen LogP contribution in [0.3, 0.4) is 0 Å². The molecule has 2 N–H and O–H groups in total. The third-order valence-corrected chi connectivity index (χ3v) is 7.39. The molecule has 3 rings (SSSR count). The Kier molecular flexibility index (Phi) is 4.04. The number of allylic oxidation sites excluding steroid dienone is 1. The van der Waals surface area contributed by atoms with Gasteiger partial charge in [0, 0.05) is 6.42 Å². The molecule has 0 radical (unpaired) electrons. The predicted octanol–water partition coefficient (Wildman–Crippen LogP) is 3.34. The zero-order chi connectivity index (χ0) is 17.2. The summed E-state index contributed by atoms with van der Waals surface area (Å²) in [6.07, 6.45) is 3.70. The van der Waals surface area contributed by atoms with Gasteiger partial charge in [0.2, 0.25) is 0 Å². The fraction of sp³-hybridized carbons (Fsp3) is 0.850. The van der Waals surface area contributed by atoms with E-state index in [2.05, 4.69) is 26.8 Å². The lowest BCUT2D eigenvalue weighted by molar-refractivity contribution is -0.163. The number of carbonyl (C=O) groups is 1. The van der Waals surface area contributed by atoms with Crippen LogP contribution >= 0.6 is 0 Å². The average Bonchev–Trinajstić information content (AvgIpc) is 2.75. The lowest BCUT2D eigenvalue weighted by atomic mass is 9.50. The maximum Gasteiger partial charge on any atom is 0.142 e. The van der Waals surface area contributed by atoms with Gasteiger partial charge in [0.1, 0.15) is 5.78 Å². The molecular formula is C20H32O3. The molecular weight excluding hydrogens is 288 g/mol. The summed E-state index contributed by atoms with van der Waals surface area (Å²) in [5.41, 5.74) is 0.303. The molecule has 0 amide bonds. The summed E-state index contributed by atoms with van der Waals surface area (Å²) in [7, 11) is 0. The number of hydrogen-bond acceptors (Lipinski definition) is 3. The molecule has 0 aromatic rings. The molecule has 0 aliphatic heterocycles. The fourth-order valence-electron chi connectivity index (χ4n) is 5.98. The number of rotatable bonds is 1. The van der Waals surface area contributed by atoms with Crippen LogP contribution in [0.15, 0.2) is 11.6 Å². The van der Waals surface area contributed by atoms with Crippen LogP contribution in [0.5, 0.6) is 0 Å². The topological polar surface area (TPSA) is 57.5 Å². The molecule has 130 valence electrons. The molecule has 2 fully saturated rings. The van der Waals surface area contributed by atoms with Crippen molar-refractivity contribution in [1.82, 2.24) is 0 Å². The lowest BCUT2D eigenvalue weighted by Crippen LogP contribution is -2.58. The van der Waals surface area contributed by atoms with Gasteiger partial charge in [0.15, 0.2) is 0 Å². The van der Waals surface area contributed by atoms with E-state index in [0.29, 0.717) is 30.6 Å². The van der Waals surface area contributed by atoms with Crippen molar-refractivity contribution in [1.29, 1.82) is 0 Å². The first kappa shape index (κ1) is 17.2. The summed E-state index contributed by atoms with van der Waals surface area (Å²) in [6.45, 7) is 10.8. The number of ketones is 1. The first-order chi connectivity index (χ1) is 10.6. The summed E-state index contributed by atoms with van der Waals surface area (Å²) < 4.78 is 0. The minimum atomic E-state index is -0.966. The van der Waals surface area contributed by atoms with E-state index in [1.807, 2.05) is 13.8 Å². The summed E-state index contributed by atoms with van der Waals surface area (Å²) in [5.74, 6) is 1.77. The van der Waals surface area contributed by atoms with E-state index in [1.165, 1.54) is 6.42 Å². The molecule has 0 bridgehead atoms. The molecule has 0 spiro atoms. The van der Waals surface area contributed by atoms with E-state index in [4.69, 9.17) is 0 Å². The summed E-state index contributed by atoms with van der Waals surface area (Å²) in [5, 5.41) is 21.2. The normalized spacial score (nSPS) is 50.3. The quantitative estimate of drug-likeness (QED) is 0.729. The van der Waals surface area contributed by atoms with Crippen LogP contribution < -0.4 is 0 Å². The van der Waals surface area contributed by atoms with Crippen molar-refractivity contribution < 1.29 is 15.0 Å². The van der Waals surface area contributed by atoms with Crippen LogP contribution in [0, 0.1) is 34.5 Å². The zero-order valence-electron chi connectivity index (χ0n) is 15.2. The lowest BCUT2D eigenvalue weighted by Gasteiger charge is -2.53. The van der Waals surface area contributed by atoms with E-state index in [-0.39, 0.29) is 17.1 Å². The Balaban J connectivity index is 2.14. The molecule has 3 heteroatoms. The standard InChI is InChI=1S/C20H32O3/c1-11(2)13-6-7-19(4)10-16(22)20(5)14(17(13)19)8-12(3)9-15(21)18(20)23/h8,11,13-15,17-18,21,23H,6-7,9-10H2,1-5H3/t13-,14-,15+,17-,18+,19-,20+/m1/s1. The Bertz CT molecular complexity index is 537. The van der Waals surface area contributed by atoms with Crippen molar-refractivity contribution in [3.05, 3.63) is 11.6 Å². The van der Waals surface area contributed by atoms with Gasteiger partial charge in [-0.25, -0.2) is 0 Å². The third kappa shape index (κ3) is 2.34. The minimum Gasteiger partial charge on any atom is -0.390 e. The highest BCUT2D eigenvalue weighted by molar-refractivity contribution is 5.88. The number of carbonyl (C=O) groups excluding carboxylic acids is 1. The van der Waals surface area contributed by atoms with Crippen LogP contribution in [0.4, 0.5) is 0 Å². The van der Waals surface area contributed by atoms with E-state index in [0.717, 1.165) is 12.0 Å². The Hall–Kier alpha value is -0.670. The van der Waals surface area contributed by atoms with Crippen molar-refractivity contribution in [3.8, 4) is 0 Å². The maximum absolute atomic E-state index is 13.1. The highest BCUT2D eigenvalue weighted by atomic mass is 16.3. The average molecular weight is 320 g/mol. The van der Waals surface area contributed by atoms with Crippen molar-refractivity contribution >= 4 is 5.78 Å². The highest BCUT2D eigenvalue weighted by Crippen LogP contribution is 2.64. The Morgan fingerprint density at radius 3 is 2.52 bits per heavy atom. The van der Waals surface area contributed by atoms with Crippen LogP contribution in [-0.2, 0) is 4.79 Å². The van der Waals surface area contributed by atoms with Crippen molar-refractivity contribution in [2.24, 2.45) is 34.5 Å². The van der Waals surface area contributed by atoms with Crippen molar-refractivity contribution in [2.75, 3.05) is 0 Å². The van der Waals surface area contributed by atoms with Gasteiger partial charge in [-0.1, -0.05) is 32.4 Å². The van der Waals surface area contributed by atoms with Crippen LogP contribution in [-0.4, -0.2) is 28.2 Å². The molecule has 2 saturated carbocycles. The van der Waals surface area contributed by atoms with Crippen LogP contribution in [0.1, 0.15) is 60.3 Å². The summed E-state index contributed by atoms with van der Waals surface area (Å²) in [4.78, 5) is 13.1. The second kappa shape index (κ2) is 5.42. The van der Waals surface area contributed by atoms with Gasteiger partial charge >= 0.3 is 0 Å². The van der Waals surface area contributed by atoms with E-state index in [9.17, 15) is 15.0 Å². The zero-order valence-corrected chi connectivity index (χ0v) is 15.2. The number of hydrogen-bond donors (Lipinski definition) is 2. The SMILES string of the molecule is CC1=C[C@@H]2[C@H]3[C@@H](C(C)C)CC[C@]3(C)CC(=O)[C@@]2(C)[C@@H](O)[C@@H](O)C1. The van der Waals surface area contributed by atoms with Crippen molar-refractivity contribution in [3.63, 3.8) is 0 Å². The van der Waals surface area contributed by atoms with E-state index >= 15 is 0 Å². The van der Waals surface area contributed by atoms with Gasteiger partial charge in [0.05, 0.1) is 17.6 Å². The second-order valence-electron chi connectivity index (χ2n) is 9.26. The Morgan fingerprint density at radius 2 is 1.91 bits per heavy atom. The number of aliphatic hydroxyl groups excluding tert-OH is 2. The Morgan fingerprint density at radius 1 is 1.26 bits per heavy atom. The number of fused-ring (bicyclic) bond motifs is 3. The molecule has 0 aromatic heterocycles. The van der Waals surface area contributed by atoms with Gasteiger partial charge in [0.25, 0.3) is 0 Å². The minimum absolute atomic E-state index is 0.0378. The molecule has 0 unspecified atom stereocenters. The van der Waals surface area contributed by atoms with Gasteiger partial charge in [-0.15, -0.1) is 0 Å². The number of aliphatic hydroxyl groups is 2. The van der Waals surface area contributed by atoms with Gasteiger partial charge in [-0.05, 0) is 62.2 Å². The van der Waals surface area contributed by atoms with E-state index < -0.39 is 17.6 Å². The molecule has 3 aliphatic carbocycles. The summed E-state index contributed by atoms with van der Waals surface area (Å²) in [6, 6.07) is 0. The molecule has 23 heavy (non-hydrogen) atoms. The number of Topliss-reactive ketones (excluding diaryl/α,β-unsaturated/α-hetero) is 1. The predicted molar refractivity (Wildman–Crippen MR) is 90.8 cm³/mol. The first-order valence-electron chi connectivity index (χ1n) is 9.18. The third-order valence-electron chi connectivity index (χ3n) is 7.39. The molecule has 0 saturated heterocycles. The smallest absolute Gasteiger partial charge is 0.142 e. The maximum atomic E-state index is 13.1. The van der Waals surface area contributed by atoms with Crippen LogP contribution in [0.2, 0.25) is 0 Å². The van der Waals surface area contributed by atoms with Gasteiger partial charge in [-0.2, -0.15) is 0 Å². The first-order valence-corrected chi connectivity index (χ1v) is 9.18. The van der Waals surface area contributed by atoms with Gasteiger partial charge < -0.3 is 10.2 Å². The summed E-state index contributed by atoms with van der Waals surface area (Å²) >= 11 is 0.